The van der Waals surface area contributed by atoms with Crippen LogP contribution in [0.3, 0.4) is 0 Å². The van der Waals surface area contributed by atoms with Crippen molar-refractivity contribution >= 4 is 16.5 Å². The predicted molar refractivity (Wildman–Crippen MR) is 28.2 cm³/mol. The summed E-state index contributed by atoms with van der Waals surface area (Å²) in [5.41, 5.74) is 0. The highest BCUT2D eigenvalue weighted by molar-refractivity contribution is 6.03. The number of ether oxygens (including phenoxy) is 1. The lowest BCUT2D eigenvalue weighted by Gasteiger charge is -2.05. The third-order valence-corrected chi connectivity index (χ3v) is 0.645. The first kappa shape index (κ1) is 6.45. The van der Waals surface area contributed by atoms with Gasteiger partial charge in [-0.3, -0.25) is 0 Å². The first-order valence-electron chi connectivity index (χ1n) is 1.91. The molecule has 0 spiro atoms. The average Bonchev–Trinajstić information content (AvgIpc) is 1.35. The van der Waals surface area contributed by atoms with Gasteiger partial charge in [-0.1, -0.05) is 0 Å². The van der Waals surface area contributed by atoms with E-state index in [0.717, 1.165) is 23.2 Å². The number of hydrogen-bond donors (Lipinski definition) is 0. The number of rotatable bonds is 2. The molecule has 0 fully saturated rings. The molecule has 0 aliphatic rings. The summed E-state index contributed by atoms with van der Waals surface area (Å²) in [5.74, 6) is 0. The van der Waals surface area contributed by atoms with Crippen molar-refractivity contribution in [1.82, 2.24) is 3.88 Å². The fraction of sp³-hybridized carbons (Fsp3) is 1.00. The second kappa shape index (κ2) is 3.64. The third kappa shape index (κ3) is 4.45. The van der Waals surface area contributed by atoms with Crippen molar-refractivity contribution in [1.29, 1.82) is 0 Å². The highest BCUT2D eigenvalue weighted by Gasteiger charge is 1.79. The lowest BCUT2D eigenvalue weighted by Crippen LogP contribution is -2.15. The van der Waals surface area contributed by atoms with Crippen LogP contribution in [0.15, 0.2) is 0 Å². The molecule has 0 heterocycles. The summed E-state index contributed by atoms with van der Waals surface area (Å²) in [6, 6.07) is 0. The Balaban J connectivity index is 2.63. The standard InChI is InChI=1S/C3H8NO.Al.2H/c1-4-3-5-2;;;/h3H2,1-2H3;;;/q-1;+1;;. The van der Waals surface area contributed by atoms with Crippen molar-refractivity contribution in [2.24, 2.45) is 0 Å². The quantitative estimate of drug-likeness (QED) is 0.331. The van der Waals surface area contributed by atoms with E-state index in [9.17, 15) is 0 Å². The zero-order valence-corrected chi connectivity index (χ0v) is 6.56. The maximum atomic E-state index is 4.76. The zero-order valence-electron chi connectivity index (χ0n) is 4.56. The molecule has 0 bridgehead atoms. The van der Waals surface area contributed by atoms with Crippen LogP contribution < -0.4 is 0 Å². The molecule has 0 aliphatic carbocycles. The maximum absolute atomic E-state index is 4.76. The van der Waals surface area contributed by atoms with Crippen LogP contribution in [0.5, 0.6) is 0 Å². The van der Waals surface area contributed by atoms with Crippen LogP contribution in [-0.2, 0) is 4.74 Å². The fourth-order valence-electron chi connectivity index (χ4n) is 0.258. The van der Waals surface area contributed by atoms with Crippen molar-refractivity contribution in [2.45, 2.75) is 0 Å². The fourth-order valence-corrected chi connectivity index (χ4v) is 0.516. The molecule has 0 aromatic rings. The molecule has 0 radical (unpaired) electrons. The Morgan fingerprint density at radius 3 is 2.33 bits per heavy atom. The van der Waals surface area contributed by atoms with Gasteiger partial charge in [0, 0.05) is 7.11 Å². The van der Waals surface area contributed by atoms with Gasteiger partial charge in [-0.15, -0.1) is 0 Å². The van der Waals surface area contributed by atoms with E-state index in [0.29, 0.717) is 0 Å². The van der Waals surface area contributed by atoms with Crippen LogP contribution in [0.2, 0.25) is 0 Å². The molecule has 0 unspecified atom stereocenters. The van der Waals surface area contributed by atoms with E-state index in [1.165, 1.54) is 0 Å². The lowest BCUT2D eigenvalue weighted by molar-refractivity contribution is 0.133. The molecule has 3 heteroatoms. The van der Waals surface area contributed by atoms with Gasteiger partial charge in [0.2, 0.25) is 0 Å². The molecule has 0 aromatic heterocycles. The Labute approximate surface area is 46.7 Å². The average molecular weight is 103 g/mol. The lowest BCUT2D eigenvalue weighted by atomic mass is 11.1. The minimum absolute atomic E-state index is 0.770. The summed E-state index contributed by atoms with van der Waals surface area (Å²) < 4.78 is 6.86. The topological polar surface area (TPSA) is 12.5 Å². The largest absolute Gasteiger partial charge is 0.372 e. The SMILES string of the molecule is COC[N](C)[AlH2]. The van der Waals surface area contributed by atoms with E-state index in [-0.39, 0.29) is 0 Å². The highest BCUT2D eigenvalue weighted by atomic mass is 27.1. The van der Waals surface area contributed by atoms with Crippen molar-refractivity contribution < 1.29 is 4.74 Å². The molecule has 0 saturated heterocycles. The molecule has 0 atom stereocenters. The van der Waals surface area contributed by atoms with E-state index < -0.39 is 0 Å². The molecular formula is C3H10AlNO. The molecule has 36 valence electrons. The Kier molecular flexibility index (Phi) is 3.91. The summed E-state index contributed by atoms with van der Waals surface area (Å²) in [7, 11) is 3.73. The van der Waals surface area contributed by atoms with Crippen molar-refractivity contribution in [3.8, 4) is 0 Å². The van der Waals surface area contributed by atoms with Crippen LogP contribution in [0.1, 0.15) is 0 Å². The Morgan fingerprint density at radius 1 is 1.83 bits per heavy atom. The van der Waals surface area contributed by atoms with Crippen LogP contribution in [0, 0.1) is 0 Å². The second-order valence-electron chi connectivity index (χ2n) is 1.50. The normalized spacial score (nSPS) is 9.83. The number of hydrogen-bond acceptors (Lipinski definition) is 2. The van der Waals surface area contributed by atoms with Gasteiger partial charge in [0.05, 0.1) is 6.73 Å². The summed E-state index contributed by atoms with van der Waals surface area (Å²) >= 11 is 1.09. The van der Waals surface area contributed by atoms with Gasteiger partial charge in [0.25, 0.3) is 0 Å². The molecule has 0 N–H and O–H groups in total. The van der Waals surface area contributed by atoms with Gasteiger partial charge < -0.3 is 8.62 Å². The summed E-state index contributed by atoms with van der Waals surface area (Å²) in [5, 5.41) is 0. The summed E-state index contributed by atoms with van der Waals surface area (Å²) in [4.78, 5) is 0. The van der Waals surface area contributed by atoms with E-state index in [1.807, 2.05) is 7.05 Å². The van der Waals surface area contributed by atoms with Gasteiger partial charge in [-0.25, -0.2) is 0 Å². The predicted octanol–water partition coefficient (Wildman–Crippen LogP) is -0.930. The van der Waals surface area contributed by atoms with Crippen molar-refractivity contribution in [3.63, 3.8) is 0 Å². The van der Waals surface area contributed by atoms with Gasteiger partial charge >= 0.3 is 16.5 Å². The van der Waals surface area contributed by atoms with Crippen molar-refractivity contribution in [3.05, 3.63) is 0 Å². The minimum atomic E-state index is 0.770. The van der Waals surface area contributed by atoms with Gasteiger partial charge in [-0.2, -0.15) is 0 Å². The monoisotopic (exact) mass is 103 g/mol. The molecular weight excluding hydrogens is 93.0 g/mol. The van der Waals surface area contributed by atoms with Crippen molar-refractivity contribution in [2.75, 3.05) is 20.9 Å². The molecule has 0 aromatic carbocycles. The Hall–Kier alpha value is 0.452. The van der Waals surface area contributed by atoms with Crippen LogP contribution in [-0.4, -0.2) is 41.3 Å². The Morgan fingerprint density at radius 2 is 2.33 bits per heavy atom. The van der Waals surface area contributed by atoms with Crippen LogP contribution >= 0.6 is 0 Å². The second-order valence-corrected chi connectivity index (χ2v) is 3.02. The van der Waals surface area contributed by atoms with Gasteiger partial charge in [0.1, 0.15) is 0 Å². The first-order valence-corrected chi connectivity index (χ1v) is 2.80. The maximum Gasteiger partial charge on any atom is 0.324 e. The Bertz CT molecular complexity index is 32.0. The van der Waals surface area contributed by atoms with Crippen LogP contribution in [0.4, 0.5) is 0 Å². The van der Waals surface area contributed by atoms with E-state index in [1.54, 1.807) is 7.11 Å². The van der Waals surface area contributed by atoms with E-state index >= 15 is 0 Å². The number of methoxy groups -OCH3 is 1. The third-order valence-electron chi connectivity index (χ3n) is 0.387. The zero-order chi connectivity index (χ0) is 4.99. The molecule has 2 nitrogen and oxygen atoms in total. The first-order chi connectivity index (χ1) is 2.77. The van der Waals surface area contributed by atoms with E-state index in [2.05, 4.69) is 3.88 Å². The summed E-state index contributed by atoms with van der Waals surface area (Å²) in [6.07, 6.45) is 0. The molecule has 0 amide bonds. The highest BCUT2D eigenvalue weighted by Crippen LogP contribution is 1.67. The molecule has 0 aliphatic heterocycles. The van der Waals surface area contributed by atoms with Gasteiger partial charge in [0.15, 0.2) is 0 Å². The van der Waals surface area contributed by atoms with E-state index in [4.69, 9.17) is 4.74 Å². The summed E-state index contributed by atoms with van der Waals surface area (Å²) in [6.45, 7) is 0.770. The minimum Gasteiger partial charge on any atom is -0.372 e. The smallest absolute Gasteiger partial charge is 0.324 e. The van der Waals surface area contributed by atoms with Crippen LogP contribution in [0.25, 0.3) is 0 Å². The van der Waals surface area contributed by atoms with Gasteiger partial charge in [-0.05, 0) is 7.05 Å². The number of nitrogens with zero attached hydrogens (tertiary/aromatic N) is 1. The molecule has 0 rings (SSSR count). The molecule has 0 saturated carbocycles. The molecule has 6 heavy (non-hydrogen) atoms.